The molecule has 2 aromatic carbocycles. The van der Waals surface area contributed by atoms with Crippen LogP contribution in [0.2, 0.25) is 0 Å². The van der Waals surface area contributed by atoms with Crippen molar-refractivity contribution in [1.29, 1.82) is 0 Å². The summed E-state index contributed by atoms with van der Waals surface area (Å²) in [5, 5.41) is 7.38. The molecular formula is C28H29FN8O2S. The lowest BCUT2D eigenvalue weighted by atomic mass is 10.0. The van der Waals surface area contributed by atoms with Crippen LogP contribution in [0.15, 0.2) is 59.8 Å². The van der Waals surface area contributed by atoms with Gasteiger partial charge in [-0.2, -0.15) is 0 Å². The molecule has 5 aromatic rings. The van der Waals surface area contributed by atoms with Crippen LogP contribution < -0.4 is 15.4 Å². The lowest BCUT2D eigenvalue weighted by molar-refractivity contribution is 0.601. The lowest BCUT2D eigenvalue weighted by Gasteiger charge is -2.11. The molecule has 0 spiro atoms. The van der Waals surface area contributed by atoms with E-state index in [9.17, 15) is 12.8 Å². The number of aromatic nitrogens is 5. The number of sulfonamides is 1. The topological polar surface area (TPSA) is 138 Å². The van der Waals surface area contributed by atoms with Crippen molar-refractivity contribution in [3.63, 3.8) is 0 Å². The molecule has 4 N–H and O–H groups in total. The Labute approximate surface area is 231 Å². The maximum Gasteiger partial charge on any atom is 0.264 e. The SMILES string of the molecule is Cc1cc(C)nc(NS(=O)(=O)c2ccc(Nc3cc(NCCc4c(C)[nH]c5c(F)ccc(C)c45)ncn3)cc2)n1. The summed E-state index contributed by atoms with van der Waals surface area (Å²) in [4.78, 5) is 20.1. The number of nitrogens with one attached hydrogen (secondary N) is 4. The van der Waals surface area contributed by atoms with E-state index in [1.807, 2.05) is 13.8 Å². The van der Waals surface area contributed by atoms with Crippen molar-refractivity contribution < 1.29 is 12.8 Å². The van der Waals surface area contributed by atoms with Gasteiger partial charge in [-0.25, -0.2) is 37.5 Å². The van der Waals surface area contributed by atoms with E-state index in [-0.39, 0.29) is 16.7 Å². The van der Waals surface area contributed by atoms with Crippen LogP contribution in [-0.2, 0) is 16.4 Å². The standard InChI is InChI=1S/C28H29FN8O2S/c1-16-5-10-23(29)27-26(16)22(19(4)35-27)11-12-30-24-14-25(32-15-31-24)36-20-6-8-21(9-7-20)40(38,39)37-28-33-17(2)13-18(3)34-28/h5-10,13-15,35H,11-12H2,1-4H3,(H,33,34,37)(H2,30,31,32,36). The molecule has 40 heavy (non-hydrogen) atoms. The minimum atomic E-state index is -3.86. The Morgan fingerprint density at radius 2 is 1.60 bits per heavy atom. The van der Waals surface area contributed by atoms with Crippen molar-refractivity contribution in [2.75, 3.05) is 21.9 Å². The molecule has 5 rings (SSSR count). The van der Waals surface area contributed by atoms with Crippen LogP contribution in [0, 0.1) is 33.5 Å². The predicted molar refractivity (Wildman–Crippen MR) is 154 cm³/mol. The Morgan fingerprint density at radius 3 is 2.33 bits per heavy atom. The Kier molecular flexibility index (Phi) is 7.35. The molecule has 0 aliphatic rings. The Morgan fingerprint density at radius 1 is 0.900 bits per heavy atom. The first-order valence-electron chi connectivity index (χ1n) is 12.6. The van der Waals surface area contributed by atoms with E-state index in [1.165, 1.54) is 24.5 Å². The molecule has 3 aromatic heterocycles. The summed E-state index contributed by atoms with van der Waals surface area (Å²) in [5.41, 5.74) is 5.56. The first kappa shape index (κ1) is 27.0. The average Bonchev–Trinajstić information content (AvgIpc) is 3.23. The fourth-order valence-corrected chi connectivity index (χ4v) is 5.55. The highest BCUT2D eigenvalue weighted by Gasteiger charge is 2.17. The third-order valence-corrected chi connectivity index (χ3v) is 7.77. The molecule has 0 bridgehead atoms. The average molecular weight is 561 g/mol. The number of hydrogen-bond donors (Lipinski definition) is 4. The van der Waals surface area contributed by atoms with Crippen molar-refractivity contribution in [2.45, 2.75) is 39.0 Å². The van der Waals surface area contributed by atoms with Crippen molar-refractivity contribution in [3.05, 3.63) is 88.9 Å². The van der Waals surface area contributed by atoms with E-state index in [0.717, 1.165) is 22.2 Å². The zero-order valence-electron chi connectivity index (χ0n) is 22.5. The molecule has 0 saturated heterocycles. The van der Waals surface area contributed by atoms with Gasteiger partial charge in [0.1, 0.15) is 23.8 Å². The zero-order chi connectivity index (χ0) is 28.4. The normalized spacial score (nSPS) is 11.5. The molecule has 10 nitrogen and oxygen atoms in total. The van der Waals surface area contributed by atoms with Crippen LogP contribution in [0.5, 0.6) is 0 Å². The number of nitrogens with zero attached hydrogens (tertiary/aromatic N) is 4. The van der Waals surface area contributed by atoms with Crippen LogP contribution in [0.1, 0.15) is 28.2 Å². The maximum atomic E-state index is 14.3. The van der Waals surface area contributed by atoms with Gasteiger partial charge in [-0.05, 0) is 81.6 Å². The summed E-state index contributed by atoms with van der Waals surface area (Å²) in [7, 11) is -3.86. The molecule has 3 heterocycles. The van der Waals surface area contributed by atoms with Crippen molar-refractivity contribution in [1.82, 2.24) is 24.9 Å². The summed E-state index contributed by atoms with van der Waals surface area (Å²) >= 11 is 0. The van der Waals surface area contributed by atoms with Gasteiger partial charge in [0.2, 0.25) is 5.95 Å². The summed E-state index contributed by atoms with van der Waals surface area (Å²) < 4.78 is 42.3. The van der Waals surface area contributed by atoms with E-state index >= 15 is 0 Å². The van der Waals surface area contributed by atoms with Crippen LogP contribution >= 0.6 is 0 Å². The quantitative estimate of drug-likeness (QED) is 0.190. The number of H-pyrrole nitrogens is 1. The lowest BCUT2D eigenvalue weighted by Crippen LogP contribution is -2.15. The number of benzene rings is 2. The third-order valence-electron chi connectivity index (χ3n) is 6.42. The van der Waals surface area contributed by atoms with Crippen LogP contribution in [0.4, 0.5) is 27.7 Å². The van der Waals surface area contributed by atoms with Gasteiger partial charge in [0.25, 0.3) is 10.0 Å². The van der Waals surface area contributed by atoms with E-state index in [4.69, 9.17) is 0 Å². The smallest absolute Gasteiger partial charge is 0.264 e. The van der Waals surface area contributed by atoms with Gasteiger partial charge in [0.05, 0.1) is 10.4 Å². The highest BCUT2D eigenvalue weighted by molar-refractivity contribution is 7.92. The molecule has 0 unspecified atom stereocenters. The highest BCUT2D eigenvalue weighted by atomic mass is 32.2. The van der Waals surface area contributed by atoms with Gasteiger partial charge < -0.3 is 15.6 Å². The van der Waals surface area contributed by atoms with Crippen LogP contribution in [0.25, 0.3) is 10.9 Å². The van der Waals surface area contributed by atoms with Crippen molar-refractivity contribution >= 4 is 44.2 Å². The van der Waals surface area contributed by atoms with Gasteiger partial charge >= 0.3 is 0 Å². The molecule has 0 amide bonds. The molecule has 206 valence electrons. The first-order valence-corrected chi connectivity index (χ1v) is 14.1. The summed E-state index contributed by atoms with van der Waals surface area (Å²) in [6.07, 6.45) is 2.12. The highest BCUT2D eigenvalue weighted by Crippen LogP contribution is 2.28. The van der Waals surface area contributed by atoms with Gasteiger partial charge in [-0.3, -0.25) is 0 Å². The van der Waals surface area contributed by atoms with Crippen molar-refractivity contribution in [3.8, 4) is 0 Å². The zero-order valence-corrected chi connectivity index (χ0v) is 23.3. The number of halogens is 1. The largest absolute Gasteiger partial charge is 0.370 e. The Bertz CT molecular complexity index is 1780. The molecule has 0 fully saturated rings. The molecule has 0 radical (unpaired) electrons. The van der Waals surface area contributed by atoms with Gasteiger partial charge in [-0.1, -0.05) is 6.07 Å². The van der Waals surface area contributed by atoms with Crippen molar-refractivity contribution in [2.24, 2.45) is 0 Å². The maximum absolute atomic E-state index is 14.3. The van der Waals surface area contributed by atoms with E-state index in [2.05, 4.69) is 40.3 Å². The van der Waals surface area contributed by atoms with Gasteiger partial charge in [0.15, 0.2) is 0 Å². The number of rotatable bonds is 9. The summed E-state index contributed by atoms with van der Waals surface area (Å²) in [6, 6.07) is 13.1. The van der Waals surface area contributed by atoms with E-state index in [1.54, 1.807) is 44.2 Å². The second-order valence-electron chi connectivity index (χ2n) is 9.54. The monoisotopic (exact) mass is 560 g/mol. The number of aromatic amines is 1. The second-order valence-corrected chi connectivity index (χ2v) is 11.2. The van der Waals surface area contributed by atoms with E-state index in [0.29, 0.717) is 47.2 Å². The van der Waals surface area contributed by atoms with Crippen LogP contribution in [0.3, 0.4) is 0 Å². The fourth-order valence-electron chi connectivity index (χ4n) is 4.61. The van der Waals surface area contributed by atoms with Crippen LogP contribution in [-0.4, -0.2) is 39.9 Å². The van der Waals surface area contributed by atoms with Gasteiger partial charge in [0, 0.05) is 40.8 Å². The molecule has 0 aliphatic heterocycles. The summed E-state index contributed by atoms with van der Waals surface area (Å²) in [6.45, 7) is 8.06. The van der Waals surface area contributed by atoms with Gasteiger partial charge in [-0.15, -0.1) is 0 Å². The third kappa shape index (κ3) is 5.86. The molecule has 12 heteroatoms. The molecular weight excluding hydrogens is 531 g/mol. The minimum absolute atomic E-state index is 0.0304. The molecule has 0 saturated carbocycles. The number of aryl methyl sites for hydroxylation is 4. The second kappa shape index (κ2) is 10.9. The number of anilines is 4. The summed E-state index contributed by atoms with van der Waals surface area (Å²) in [5.74, 6) is 0.931. The molecule has 0 atom stereocenters. The first-order chi connectivity index (χ1) is 19.1. The number of hydrogen-bond acceptors (Lipinski definition) is 8. The number of fused-ring (bicyclic) bond motifs is 1. The van der Waals surface area contributed by atoms with E-state index < -0.39 is 10.0 Å². The Balaban J connectivity index is 1.23. The fraction of sp³-hybridized carbons (Fsp3) is 0.214. The predicted octanol–water partition coefficient (Wildman–Crippen LogP) is 5.32. The minimum Gasteiger partial charge on any atom is -0.370 e. The molecule has 0 aliphatic carbocycles. The Hall–Kier alpha value is -4.58.